The zero-order valence-electron chi connectivity index (χ0n) is 9.26. The standard InChI is InChI=1S/C13H17FIN/c14-10-5-6-11(12(15)8-10)13(16)7-9-3-1-2-4-9/h5-6,8-9,13H,1-4,7,16H2. The van der Waals surface area contributed by atoms with Crippen molar-refractivity contribution in [3.63, 3.8) is 0 Å². The van der Waals surface area contributed by atoms with Gasteiger partial charge in [0.15, 0.2) is 0 Å². The first kappa shape index (κ1) is 12.3. The molecule has 88 valence electrons. The molecular weight excluding hydrogens is 316 g/mol. The highest BCUT2D eigenvalue weighted by molar-refractivity contribution is 14.1. The van der Waals surface area contributed by atoms with Gasteiger partial charge in [-0.05, 0) is 52.6 Å². The lowest BCUT2D eigenvalue weighted by atomic mass is 9.94. The molecule has 1 aromatic rings. The first-order chi connectivity index (χ1) is 7.66. The summed E-state index contributed by atoms with van der Waals surface area (Å²) in [6.07, 6.45) is 6.36. The second-order valence-corrected chi connectivity index (χ2v) is 5.82. The lowest BCUT2D eigenvalue weighted by molar-refractivity contribution is 0.449. The van der Waals surface area contributed by atoms with E-state index in [2.05, 4.69) is 22.6 Å². The van der Waals surface area contributed by atoms with Crippen LogP contribution in [-0.4, -0.2) is 0 Å². The summed E-state index contributed by atoms with van der Waals surface area (Å²) >= 11 is 2.17. The molecule has 16 heavy (non-hydrogen) atoms. The zero-order valence-corrected chi connectivity index (χ0v) is 11.4. The quantitative estimate of drug-likeness (QED) is 0.831. The molecule has 0 bridgehead atoms. The fourth-order valence-corrected chi connectivity index (χ4v) is 3.41. The lowest BCUT2D eigenvalue weighted by Gasteiger charge is -2.18. The van der Waals surface area contributed by atoms with Crippen LogP contribution in [0.25, 0.3) is 0 Å². The van der Waals surface area contributed by atoms with Crippen LogP contribution in [0.2, 0.25) is 0 Å². The second-order valence-electron chi connectivity index (χ2n) is 4.66. The summed E-state index contributed by atoms with van der Waals surface area (Å²) in [5, 5.41) is 0. The van der Waals surface area contributed by atoms with Crippen LogP contribution < -0.4 is 5.73 Å². The molecule has 2 N–H and O–H groups in total. The number of hydrogen-bond donors (Lipinski definition) is 1. The van der Waals surface area contributed by atoms with Gasteiger partial charge < -0.3 is 5.73 Å². The molecule has 0 saturated heterocycles. The van der Waals surface area contributed by atoms with Crippen molar-refractivity contribution in [3.8, 4) is 0 Å². The van der Waals surface area contributed by atoms with Crippen molar-refractivity contribution in [2.24, 2.45) is 11.7 Å². The molecule has 1 aliphatic rings. The number of halogens is 2. The summed E-state index contributed by atoms with van der Waals surface area (Å²) in [6, 6.07) is 4.96. The highest BCUT2D eigenvalue weighted by atomic mass is 127. The summed E-state index contributed by atoms with van der Waals surface area (Å²) < 4.78 is 13.9. The Balaban J connectivity index is 2.04. The molecule has 1 atom stereocenters. The van der Waals surface area contributed by atoms with Gasteiger partial charge in [0, 0.05) is 9.61 Å². The van der Waals surface area contributed by atoms with Gasteiger partial charge >= 0.3 is 0 Å². The van der Waals surface area contributed by atoms with Gasteiger partial charge in [-0.3, -0.25) is 0 Å². The van der Waals surface area contributed by atoms with Gasteiger partial charge in [0.25, 0.3) is 0 Å². The molecule has 2 rings (SSSR count). The number of nitrogens with two attached hydrogens (primary N) is 1. The van der Waals surface area contributed by atoms with Crippen LogP contribution in [0.15, 0.2) is 18.2 Å². The smallest absolute Gasteiger partial charge is 0.124 e. The van der Waals surface area contributed by atoms with Crippen LogP contribution in [0.3, 0.4) is 0 Å². The average Bonchev–Trinajstić information content (AvgIpc) is 2.70. The van der Waals surface area contributed by atoms with E-state index in [4.69, 9.17) is 5.73 Å². The van der Waals surface area contributed by atoms with E-state index in [0.717, 1.165) is 21.5 Å². The second kappa shape index (κ2) is 5.45. The minimum absolute atomic E-state index is 0.0654. The topological polar surface area (TPSA) is 26.0 Å². The highest BCUT2D eigenvalue weighted by Gasteiger charge is 2.20. The monoisotopic (exact) mass is 333 g/mol. The summed E-state index contributed by atoms with van der Waals surface area (Å²) in [6.45, 7) is 0. The Kier molecular flexibility index (Phi) is 4.19. The fourth-order valence-electron chi connectivity index (χ4n) is 2.53. The Morgan fingerprint density at radius 3 is 2.69 bits per heavy atom. The molecule has 1 unspecified atom stereocenters. The van der Waals surface area contributed by atoms with Crippen LogP contribution in [-0.2, 0) is 0 Å². The molecule has 1 fully saturated rings. The van der Waals surface area contributed by atoms with Gasteiger partial charge in [-0.1, -0.05) is 31.7 Å². The van der Waals surface area contributed by atoms with Crippen molar-refractivity contribution in [1.29, 1.82) is 0 Å². The fraction of sp³-hybridized carbons (Fsp3) is 0.538. The Hall–Kier alpha value is -0.160. The van der Waals surface area contributed by atoms with E-state index >= 15 is 0 Å². The number of rotatable bonds is 3. The van der Waals surface area contributed by atoms with Crippen molar-refractivity contribution < 1.29 is 4.39 Å². The van der Waals surface area contributed by atoms with Crippen molar-refractivity contribution in [2.45, 2.75) is 38.1 Å². The summed E-state index contributed by atoms with van der Waals surface area (Å²) in [5.74, 6) is 0.595. The van der Waals surface area contributed by atoms with Crippen molar-refractivity contribution in [3.05, 3.63) is 33.1 Å². The van der Waals surface area contributed by atoms with Gasteiger partial charge in [0.2, 0.25) is 0 Å². The molecule has 3 heteroatoms. The van der Waals surface area contributed by atoms with Crippen LogP contribution in [0.1, 0.15) is 43.7 Å². The molecule has 0 heterocycles. The molecule has 0 aromatic heterocycles. The summed E-state index contributed by atoms with van der Waals surface area (Å²) in [4.78, 5) is 0. The van der Waals surface area contributed by atoms with Gasteiger partial charge in [-0.15, -0.1) is 0 Å². The van der Waals surface area contributed by atoms with Gasteiger partial charge in [0.05, 0.1) is 0 Å². The first-order valence-electron chi connectivity index (χ1n) is 5.87. The minimum atomic E-state index is -0.179. The van der Waals surface area contributed by atoms with E-state index in [1.54, 1.807) is 6.07 Å². The number of hydrogen-bond acceptors (Lipinski definition) is 1. The highest BCUT2D eigenvalue weighted by Crippen LogP contribution is 2.33. The summed E-state index contributed by atoms with van der Waals surface area (Å²) in [7, 11) is 0. The Labute approximate surface area is 110 Å². The van der Waals surface area contributed by atoms with E-state index in [-0.39, 0.29) is 11.9 Å². The molecule has 0 aliphatic heterocycles. The molecule has 1 aliphatic carbocycles. The van der Waals surface area contributed by atoms with E-state index in [1.165, 1.54) is 31.7 Å². The molecule has 0 amide bonds. The first-order valence-corrected chi connectivity index (χ1v) is 6.95. The van der Waals surface area contributed by atoms with E-state index in [1.807, 2.05) is 6.07 Å². The predicted molar refractivity (Wildman–Crippen MR) is 72.6 cm³/mol. The predicted octanol–water partition coefficient (Wildman–Crippen LogP) is 4.01. The van der Waals surface area contributed by atoms with Crippen LogP contribution in [0.5, 0.6) is 0 Å². The average molecular weight is 333 g/mol. The zero-order chi connectivity index (χ0) is 11.5. The maximum Gasteiger partial charge on any atom is 0.124 e. The summed E-state index contributed by atoms with van der Waals surface area (Å²) in [5.41, 5.74) is 7.29. The van der Waals surface area contributed by atoms with Crippen molar-refractivity contribution in [1.82, 2.24) is 0 Å². The Morgan fingerprint density at radius 1 is 1.38 bits per heavy atom. The third-order valence-electron chi connectivity index (χ3n) is 3.42. The Morgan fingerprint density at radius 2 is 2.06 bits per heavy atom. The maximum atomic E-state index is 13.0. The maximum absolute atomic E-state index is 13.0. The van der Waals surface area contributed by atoms with E-state index < -0.39 is 0 Å². The van der Waals surface area contributed by atoms with Gasteiger partial charge in [-0.25, -0.2) is 4.39 Å². The van der Waals surface area contributed by atoms with Crippen molar-refractivity contribution in [2.75, 3.05) is 0 Å². The molecule has 1 aromatic carbocycles. The van der Waals surface area contributed by atoms with Crippen LogP contribution in [0.4, 0.5) is 4.39 Å². The largest absolute Gasteiger partial charge is 0.324 e. The Bertz CT molecular complexity index is 361. The van der Waals surface area contributed by atoms with Gasteiger partial charge in [0.1, 0.15) is 5.82 Å². The molecule has 0 radical (unpaired) electrons. The normalized spacial score (nSPS) is 18.9. The third kappa shape index (κ3) is 2.94. The van der Waals surface area contributed by atoms with E-state index in [9.17, 15) is 4.39 Å². The third-order valence-corrected chi connectivity index (χ3v) is 4.36. The molecule has 1 nitrogen and oxygen atoms in total. The lowest BCUT2D eigenvalue weighted by Crippen LogP contribution is -2.15. The van der Waals surface area contributed by atoms with Crippen LogP contribution in [0, 0.1) is 15.3 Å². The minimum Gasteiger partial charge on any atom is -0.324 e. The van der Waals surface area contributed by atoms with Crippen molar-refractivity contribution >= 4 is 22.6 Å². The molecule has 0 spiro atoms. The van der Waals surface area contributed by atoms with Gasteiger partial charge in [-0.2, -0.15) is 0 Å². The molecular formula is C13H17FIN. The SMILES string of the molecule is NC(CC1CCCC1)c1ccc(F)cc1I. The van der Waals surface area contributed by atoms with E-state index in [0.29, 0.717) is 0 Å². The molecule has 1 saturated carbocycles. The van der Waals surface area contributed by atoms with Crippen LogP contribution >= 0.6 is 22.6 Å². The number of benzene rings is 1.